The first-order valence-corrected chi connectivity index (χ1v) is 13.4. The summed E-state index contributed by atoms with van der Waals surface area (Å²) in [5.41, 5.74) is 4.46. The maximum Gasteiger partial charge on any atom is 0.270 e. The lowest BCUT2D eigenvalue weighted by molar-refractivity contribution is 0.0923. The van der Waals surface area contributed by atoms with Gasteiger partial charge in [-0.2, -0.15) is 0 Å². The third-order valence-corrected chi connectivity index (χ3v) is 7.10. The number of hydrogen-bond acceptors (Lipinski definition) is 5. The molecule has 1 aromatic heterocycles. The minimum atomic E-state index is -0.165. The maximum atomic E-state index is 13.2. The Labute approximate surface area is 224 Å². The zero-order chi connectivity index (χ0) is 26.4. The predicted molar refractivity (Wildman–Crippen MR) is 150 cm³/mol. The van der Waals surface area contributed by atoms with E-state index in [0.717, 1.165) is 60.9 Å². The molecule has 3 aromatic rings. The quantitative estimate of drug-likeness (QED) is 0.315. The van der Waals surface area contributed by atoms with Gasteiger partial charge < -0.3 is 20.1 Å². The van der Waals surface area contributed by atoms with Crippen LogP contribution in [-0.4, -0.2) is 54.2 Å². The average molecular weight is 522 g/mol. The van der Waals surface area contributed by atoms with E-state index in [1.54, 1.807) is 24.3 Å². The van der Waals surface area contributed by atoms with Crippen molar-refractivity contribution in [2.75, 3.05) is 27.2 Å². The normalized spacial score (nSPS) is 14.1. The molecular formula is C30H36ClN3O3. The van der Waals surface area contributed by atoms with Crippen LogP contribution in [0.5, 0.6) is 11.5 Å². The highest BCUT2D eigenvalue weighted by Crippen LogP contribution is 2.37. The number of phenols is 1. The smallest absolute Gasteiger partial charge is 0.270 e. The molecular weight excluding hydrogens is 486 g/mol. The van der Waals surface area contributed by atoms with E-state index in [1.165, 1.54) is 6.42 Å². The number of carbonyl (C=O) groups excluding carboxylic acids is 1. The van der Waals surface area contributed by atoms with Crippen molar-refractivity contribution >= 4 is 17.5 Å². The van der Waals surface area contributed by atoms with E-state index in [4.69, 9.17) is 21.3 Å². The van der Waals surface area contributed by atoms with Crippen molar-refractivity contribution in [3.05, 3.63) is 64.8 Å². The first-order chi connectivity index (χ1) is 17.8. The van der Waals surface area contributed by atoms with Crippen molar-refractivity contribution in [3.63, 3.8) is 0 Å². The Balaban J connectivity index is 1.71. The molecule has 1 saturated carbocycles. The van der Waals surface area contributed by atoms with E-state index < -0.39 is 0 Å². The van der Waals surface area contributed by atoms with Crippen LogP contribution < -0.4 is 10.1 Å². The van der Waals surface area contributed by atoms with Crippen LogP contribution in [0.4, 0.5) is 0 Å². The molecule has 0 atom stereocenters. The molecule has 1 aliphatic carbocycles. The maximum absolute atomic E-state index is 13.2. The van der Waals surface area contributed by atoms with Gasteiger partial charge in [0.2, 0.25) is 0 Å². The molecule has 0 aliphatic heterocycles. The van der Waals surface area contributed by atoms with E-state index in [-0.39, 0.29) is 17.7 Å². The molecule has 7 heteroatoms. The van der Waals surface area contributed by atoms with Crippen LogP contribution in [0.2, 0.25) is 5.02 Å². The van der Waals surface area contributed by atoms with Crippen molar-refractivity contribution in [1.82, 2.24) is 15.2 Å². The number of benzene rings is 2. The second kappa shape index (κ2) is 12.4. The summed E-state index contributed by atoms with van der Waals surface area (Å²) in [7, 11) is 4.06. The van der Waals surface area contributed by atoms with Gasteiger partial charge in [0, 0.05) is 23.7 Å². The zero-order valence-electron chi connectivity index (χ0n) is 21.9. The average Bonchev–Trinajstić information content (AvgIpc) is 2.89. The number of halogens is 1. The third kappa shape index (κ3) is 7.02. The number of ether oxygens (including phenoxy) is 1. The van der Waals surface area contributed by atoms with Gasteiger partial charge in [0.25, 0.3) is 5.91 Å². The topological polar surface area (TPSA) is 74.7 Å². The van der Waals surface area contributed by atoms with Crippen molar-refractivity contribution in [2.45, 2.75) is 51.5 Å². The molecule has 0 saturated heterocycles. The Morgan fingerprint density at radius 1 is 1.08 bits per heavy atom. The zero-order valence-corrected chi connectivity index (χ0v) is 22.6. The molecule has 4 rings (SSSR count). The van der Waals surface area contributed by atoms with Gasteiger partial charge in [0.05, 0.1) is 17.3 Å². The molecule has 1 fully saturated rings. The predicted octanol–water partition coefficient (Wildman–Crippen LogP) is 6.48. The highest BCUT2D eigenvalue weighted by Gasteiger charge is 2.20. The van der Waals surface area contributed by atoms with E-state index in [9.17, 15) is 9.90 Å². The highest BCUT2D eigenvalue weighted by molar-refractivity contribution is 6.32. The number of aryl methyl sites for hydroxylation is 1. The first kappa shape index (κ1) is 27.0. The second-order valence-electron chi connectivity index (χ2n) is 10.1. The van der Waals surface area contributed by atoms with Crippen LogP contribution in [-0.2, 0) is 0 Å². The van der Waals surface area contributed by atoms with E-state index in [0.29, 0.717) is 28.8 Å². The number of phenolic OH excluding ortho intramolecular Hbond substituents is 1. The monoisotopic (exact) mass is 521 g/mol. The highest BCUT2D eigenvalue weighted by atomic mass is 35.5. The third-order valence-electron chi connectivity index (χ3n) is 6.79. The lowest BCUT2D eigenvalue weighted by Crippen LogP contribution is -2.36. The number of hydrogen-bond donors (Lipinski definition) is 2. The minimum Gasteiger partial charge on any atom is -0.508 e. The molecule has 196 valence electrons. The summed E-state index contributed by atoms with van der Waals surface area (Å²) in [5.74, 6) is 0.587. The van der Waals surface area contributed by atoms with Crippen molar-refractivity contribution < 1.29 is 14.6 Å². The van der Waals surface area contributed by atoms with Gasteiger partial charge in [0.1, 0.15) is 17.2 Å². The van der Waals surface area contributed by atoms with Gasteiger partial charge in [-0.3, -0.25) is 4.79 Å². The fraction of sp³-hybridized carbons (Fsp3) is 0.400. The van der Waals surface area contributed by atoms with Crippen molar-refractivity contribution in [3.8, 4) is 33.9 Å². The Kier molecular flexibility index (Phi) is 9.06. The second-order valence-corrected chi connectivity index (χ2v) is 10.5. The number of aromatic nitrogens is 1. The van der Waals surface area contributed by atoms with Crippen LogP contribution in [0.3, 0.4) is 0 Å². The van der Waals surface area contributed by atoms with Crippen LogP contribution in [0.25, 0.3) is 22.4 Å². The molecule has 0 spiro atoms. The molecule has 0 unspecified atom stereocenters. The Hall–Kier alpha value is -3.09. The minimum absolute atomic E-state index is 0.165. The lowest BCUT2D eigenvalue weighted by atomic mass is 9.94. The summed E-state index contributed by atoms with van der Waals surface area (Å²) < 4.78 is 6.01. The summed E-state index contributed by atoms with van der Waals surface area (Å²) in [4.78, 5) is 20.1. The Bertz CT molecular complexity index is 1240. The lowest BCUT2D eigenvalue weighted by Gasteiger charge is -2.23. The molecule has 2 N–H and O–H groups in total. The Morgan fingerprint density at radius 3 is 2.62 bits per heavy atom. The summed E-state index contributed by atoms with van der Waals surface area (Å²) >= 11 is 6.47. The van der Waals surface area contributed by atoms with E-state index >= 15 is 0 Å². The summed E-state index contributed by atoms with van der Waals surface area (Å²) in [5, 5.41) is 13.9. The van der Waals surface area contributed by atoms with E-state index in [2.05, 4.69) is 10.2 Å². The van der Waals surface area contributed by atoms with Crippen LogP contribution >= 0.6 is 11.6 Å². The number of nitrogens with one attached hydrogen (secondary N) is 1. The summed E-state index contributed by atoms with van der Waals surface area (Å²) in [6.07, 6.45) is 6.39. The molecule has 6 nitrogen and oxygen atoms in total. The first-order valence-electron chi connectivity index (χ1n) is 13.0. The number of aromatic hydroxyl groups is 1. The van der Waals surface area contributed by atoms with Gasteiger partial charge >= 0.3 is 0 Å². The van der Waals surface area contributed by atoms with Gasteiger partial charge in [-0.1, -0.05) is 43.0 Å². The van der Waals surface area contributed by atoms with Gasteiger partial charge in [-0.15, -0.1) is 0 Å². The number of carbonyl (C=O) groups is 1. The number of pyridine rings is 1. The number of nitrogens with zero attached hydrogens (tertiary/aromatic N) is 2. The standard InChI is InChI=1S/C30H36ClN3O3/c1-20-10-12-23(35)19-25(20)24-13-15-27(30(36)32-22-8-5-4-6-9-22)33-29(24)21-11-14-26(31)28(18-21)37-17-7-16-34(2)3/h10-15,18-19,22,35H,4-9,16-17H2,1-3H3,(H,32,36). The number of amides is 1. The van der Waals surface area contributed by atoms with E-state index in [1.807, 2.05) is 45.3 Å². The van der Waals surface area contributed by atoms with Gasteiger partial charge in [-0.05, 0) is 87.8 Å². The van der Waals surface area contributed by atoms with Crippen LogP contribution in [0.15, 0.2) is 48.5 Å². The van der Waals surface area contributed by atoms with Crippen LogP contribution in [0.1, 0.15) is 54.6 Å². The van der Waals surface area contributed by atoms with Gasteiger partial charge in [0.15, 0.2) is 0 Å². The number of rotatable bonds is 9. The molecule has 0 radical (unpaired) electrons. The molecule has 1 heterocycles. The van der Waals surface area contributed by atoms with Crippen molar-refractivity contribution in [2.24, 2.45) is 0 Å². The molecule has 37 heavy (non-hydrogen) atoms. The Morgan fingerprint density at radius 2 is 1.86 bits per heavy atom. The molecule has 1 amide bonds. The summed E-state index contributed by atoms with van der Waals surface area (Å²) in [6, 6.07) is 14.7. The summed E-state index contributed by atoms with van der Waals surface area (Å²) in [6.45, 7) is 3.44. The SMILES string of the molecule is Cc1ccc(O)cc1-c1ccc(C(=O)NC2CCCCC2)nc1-c1ccc(Cl)c(OCCCN(C)C)c1. The fourth-order valence-corrected chi connectivity index (χ4v) is 4.93. The van der Waals surface area contributed by atoms with Gasteiger partial charge in [-0.25, -0.2) is 4.98 Å². The fourth-order valence-electron chi connectivity index (χ4n) is 4.75. The molecule has 1 aliphatic rings. The van der Waals surface area contributed by atoms with Crippen molar-refractivity contribution in [1.29, 1.82) is 0 Å². The van der Waals surface area contributed by atoms with Crippen LogP contribution in [0, 0.1) is 6.92 Å². The molecule has 0 bridgehead atoms. The molecule has 2 aromatic carbocycles. The largest absolute Gasteiger partial charge is 0.508 e.